The highest BCUT2D eigenvalue weighted by Gasteiger charge is 2.57. The number of carbonyl (C=O) groups excluding carboxylic acids is 1. The van der Waals surface area contributed by atoms with E-state index in [2.05, 4.69) is 34.5 Å². The Hall–Kier alpha value is -2.96. The van der Waals surface area contributed by atoms with Crippen LogP contribution in [0, 0.1) is 10.8 Å². The van der Waals surface area contributed by atoms with Crippen LogP contribution in [0.1, 0.15) is 57.8 Å². The van der Waals surface area contributed by atoms with Crippen molar-refractivity contribution >= 4 is 23.2 Å². The van der Waals surface area contributed by atoms with E-state index in [1.165, 1.54) is 0 Å². The average Bonchev–Trinajstić information content (AvgIpc) is 3.38. The molecule has 4 rings (SSSR count). The lowest BCUT2D eigenvalue weighted by Crippen LogP contribution is -2.45. The molecule has 152 valence electrons. The Kier molecular flexibility index (Phi) is 4.76. The van der Waals surface area contributed by atoms with Crippen LogP contribution in [0.3, 0.4) is 0 Å². The third-order valence-corrected chi connectivity index (χ3v) is 6.82. The molecule has 2 heterocycles. The number of aryl methyl sites for hydroxylation is 1. The lowest BCUT2D eigenvalue weighted by Gasteiger charge is -2.39. The Labute approximate surface area is 170 Å². The Bertz CT molecular complexity index is 1030. The second-order valence-electron chi connectivity index (χ2n) is 8.61. The van der Waals surface area contributed by atoms with Crippen molar-refractivity contribution in [3.63, 3.8) is 0 Å². The van der Waals surface area contributed by atoms with Crippen LogP contribution >= 0.6 is 0 Å². The zero-order valence-corrected chi connectivity index (χ0v) is 17.4. The summed E-state index contributed by atoms with van der Waals surface area (Å²) >= 11 is 0. The number of hydrazone groups is 1. The average molecular weight is 393 g/mol. The van der Waals surface area contributed by atoms with Crippen molar-refractivity contribution in [3.8, 4) is 0 Å². The van der Waals surface area contributed by atoms with Crippen molar-refractivity contribution < 1.29 is 4.79 Å². The number of hydrogen-bond donors (Lipinski definition) is 2. The molecule has 0 saturated heterocycles. The van der Waals surface area contributed by atoms with Crippen LogP contribution in [-0.2, 0) is 11.3 Å². The summed E-state index contributed by atoms with van der Waals surface area (Å²) < 4.78 is 1.82. The highest BCUT2D eigenvalue weighted by molar-refractivity contribution is 5.86. The molecule has 29 heavy (non-hydrogen) atoms. The first-order chi connectivity index (χ1) is 13.8. The maximum absolute atomic E-state index is 13.1. The molecule has 1 aromatic carbocycles. The normalized spacial score (nSPS) is 23.8. The van der Waals surface area contributed by atoms with Gasteiger partial charge in [-0.3, -0.25) is 9.48 Å². The maximum Gasteiger partial charge on any atom is 0.246 e. The summed E-state index contributed by atoms with van der Waals surface area (Å²) in [7, 11) is 0. The molecule has 0 aliphatic heterocycles. The molecule has 0 spiro atoms. The predicted octanol–water partition coefficient (Wildman–Crippen LogP) is 3.84. The first kappa shape index (κ1) is 19.4. The van der Waals surface area contributed by atoms with Crippen LogP contribution in [0.4, 0.5) is 0 Å². The molecule has 1 amide bonds. The molecule has 7 nitrogen and oxygen atoms in total. The molecule has 2 unspecified atom stereocenters. The van der Waals surface area contributed by atoms with Crippen molar-refractivity contribution in [2.45, 2.75) is 53.0 Å². The molecule has 2 aromatic heterocycles. The largest absolute Gasteiger partial charge is 0.342 e. The number of imidazole rings is 1. The fourth-order valence-electron chi connectivity index (χ4n) is 4.43. The topological polar surface area (TPSA) is 88.0 Å². The van der Waals surface area contributed by atoms with Gasteiger partial charge in [0.05, 0.1) is 28.9 Å². The first-order valence-electron chi connectivity index (χ1n) is 10.2. The molecule has 1 aliphatic carbocycles. The van der Waals surface area contributed by atoms with Crippen molar-refractivity contribution in [3.05, 3.63) is 48.0 Å². The van der Waals surface area contributed by atoms with Crippen molar-refractivity contribution in [2.75, 3.05) is 0 Å². The zero-order valence-electron chi connectivity index (χ0n) is 17.4. The van der Waals surface area contributed by atoms with Gasteiger partial charge >= 0.3 is 0 Å². The SMILES string of the molecule is CCn1cc(/C=N/NC(=O)C2(C)CCC(c3nc4ccccc4[nH]3)C2(C)C)cn1. The summed E-state index contributed by atoms with van der Waals surface area (Å²) in [4.78, 5) is 21.4. The molecule has 3 aromatic rings. The molecule has 0 radical (unpaired) electrons. The molecule has 0 bridgehead atoms. The number of benzene rings is 1. The number of aromatic nitrogens is 4. The molecular formula is C22H28N6O. The third kappa shape index (κ3) is 3.24. The van der Waals surface area contributed by atoms with Gasteiger partial charge in [-0.25, -0.2) is 10.4 Å². The fraction of sp³-hybridized carbons (Fsp3) is 0.455. The highest BCUT2D eigenvalue weighted by Crippen LogP contribution is 2.59. The van der Waals surface area contributed by atoms with Crippen molar-refractivity contribution in [1.82, 2.24) is 25.2 Å². The van der Waals surface area contributed by atoms with Crippen LogP contribution in [0.25, 0.3) is 11.0 Å². The van der Waals surface area contributed by atoms with Crippen LogP contribution in [0.15, 0.2) is 41.8 Å². The van der Waals surface area contributed by atoms with Gasteiger partial charge in [0.25, 0.3) is 0 Å². The van der Waals surface area contributed by atoms with E-state index in [1.807, 2.05) is 49.0 Å². The zero-order chi connectivity index (χ0) is 20.6. The summed E-state index contributed by atoms with van der Waals surface area (Å²) in [6.07, 6.45) is 6.96. The van der Waals surface area contributed by atoms with Crippen LogP contribution in [0.2, 0.25) is 0 Å². The van der Waals surface area contributed by atoms with Gasteiger partial charge in [0.2, 0.25) is 5.91 Å². The Morgan fingerprint density at radius 2 is 2.17 bits per heavy atom. The van der Waals surface area contributed by atoms with Crippen LogP contribution < -0.4 is 5.43 Å². The van der Waals surface area contributed by atoms with Gasteiger partial charge in [-0.15, -0.1) is 0 Å². The van der Waals surface area contributed by atoms with Gasteiger partial charge in [0.1, 0.15) is 5.82 Å². The van der Waals surface area contributed by atoms with Crippen molar-refractivity contribution in [1.29, 1.82) is 0 Å². The number of nitrogens with one attached hydrogen (secondary N) is 2. The summed E-state index contributed by atoms with van der Waals surface area (Å²) in [5.74, 6) is 1.08. The minimum Gasteiger partial charge on any atom is -0.342 e. The van der Waals surface area contributed by atoms with E-state index < -0.39 is 5.41 Å². The number of H-pyrrole nitrogens is 1. The number of amides is 1. The van der Waals surface area contributed by atoms with E-state index in [0.29, 0.717) is 0 Å². The molecule has 7 heteroatoms. The monoisotopic (exact) mass is 392 g/mol. The predicted molar refractivity (Wildman–Crippen MR) is 114 cm³/mol. The maximum atomic E-state index is 13.1. The molecule has 2 atom stereocenters. The van der Waals surface area contributed by atoms with Crippen LogP contribution in [-0.4, -0.2) is 31.9 Å². The number of para-hydroxylation sites is 2. The van der Waals surface area contributed by atoms with Crippen LogP contribution in [0.5, 0.6) is 0 Å². The Morgan fingerprint density at radius 1 is 1.38 bits per heavy atom. The third-order valence-electron chi connectivity index (χ3n) is 6.82. The molecule has 2 N–H and O–H groups in total. The molecule has 1 fully saturated rings. The lowest BCUT2D eigenvalue weighted by atomic mass is 9.65. The summed E-state index contributed by atoms with van der Waals surface area (Å²) in [6, 6.07) is 8.05. The number of aromatic amines is 1. The summed E-state index contributed by atoms with van der Waals surface area (Å²) in [5, 5.41) is 8.39. The van der Waals surface area contributed by atoms with Gasteiger partial charge in [0.15, 0.2) is 0 Å². The summed E-state index contributed by atoms with van der Waals surface area (Å²) in [6.45, 7) is 9.18. The molecule has 1 aliphatic rings. The minimum absolute atomic E-state index is 0.0553. The number of hydrogen-bond acceptors (Lipinski definition) is 4. The van der Waals surface area contributed by atoms with E-state index in [0.717, 1.165) is 41.8 Å². The second-order valence-corrected chi connectivity index (χ2v) is 8.61. The Morgan fingerprint density at radius 3 is 2.90 bits per heavy atom. The first-order valence-corrected chi connectivity index (χ1v) is 10.2. The minimum atomic E-state index is -0.540. The van der Waals surface area contributed by atoms with E-state index >= 15 is 0 Å². The van der Waals surface area contributed by atoms with Gasteiger partial charge in [-0.05, 0) is 37.3 Å². The van der Waals surface area contributed by atoms with E-state index in [1.54, 1.807) is 12.4 Å². The quantitative estimate of drug-likeness (QED) is 0.511. The van der Waals surface area contributed by atoms with Gasteiger partial charge in [-0.2, -0.15) is 10.2 Å². The lowest BCUT2D eigenvalue weighted by molar-refractivity contribution is -0.135. The molecule has 1 saturated carbocycles. The highest BCUT2D eigenvalue weighted by atomic mass is 16.2. The van der Waals surface area contributed by atoms with Gasteiger partial charge < -0.3 is 4.98 Å². The molecular weight excluding hydrogens is 364 g/mol. The second kappa shape index (κ2) is 7.13. The number of nitrogens with zero attached hydrogens (tertiary/aromatic N) is 4. The smallest absolute Gasteiger partial charge is 0.246 e. The van der Waals surface area contributed by atoms with Gasteiger partial charge in [-0.1, -0.05) is 32.9 Å². The van der Waals surface area contributed by atoms with E-state index in [9.17, 15) is 4.79 Å². The van der Waals surface area contributed by atoms with Crippen molar-refractivity contribution in [2.24, 2.45) is 15.9 Å². The number of rotatable bonds is 5. The number of carbonyl (C=O) groups is 1. The fourth-order valence-corrected chi connectivity index (χ4v) is 4.43. The van der Waals surface area contributed by atoms with Gasteiger partial charge in [0, 0.05) is 24.2 Å². The number of fused-ring (bicyclic) bond motifs is 1. The summed E-state index contributed by atoms with van der Waals surface area (Å²) in [5.41, 5.74) is 4.81. The standard InChI is InChI=1S/C22H28N6O/c1-5-28-14-15(13-24-28)12-23-27-20(29)22(4)11-10-16(21(22,2)3)19-25-17-8-6-7-9-18(17)26-19/h6-9,12-14,16H,5,10-11H2,1-4H3,(H,25,26)(H,27,29)/b23-12+. The van der Waals surface area contributed by atoms with E-state index in [4.69, 9.17) is 4.98 Å². The Balaban J connectivity index is 1.51. The van der Waals surface area contributed by atoms with E-state index in [-0.39, 0.29) is 17.2 Å².